The molecule has 0 amide bonds. The van der Waals surface area contributed by atoms with Gasteiger partial charge in [0.2, 0.25) is 0 Å². The van der Waals surface area contributed by atoms with Crippen LogP contribution in [0.4, 0.5) is 0 Å². The summed E-state index contributed by atoms with van der Waals surface area (Å²) < 4.78 is 0. The van der Waals surface area contributed by atoms with E-state index >= 15 is 0 Å². The molecule has 0 N–H and O–H groups in total. The van der Waals surface area contributed by atoms with Gasteiger partial charge in [0.25, 0.3) is 0 Å². The summed E-state index contributed by atoms with van der Waals surface area (Å²) in [6.07, 6.45) is 2.29. The molecule has 44 heavy (non-hydrogen) atoms. The fourth-order valence-electron chi connectivity index (χ4n) is 5.43. The van der Waals surface area contributed by atoms with Crippen molar-refractivity contribution in [3.05, 3.63) is 156 Å². The Kier molecular flexibility index (Phi) is 13.1. The van der Waals surface area contributed by atoms with E-state index in [1.807, 2.05) is 20.8 Å². The zero-order valence-corrected chi connectivity index (χ0v) is 27.6. The first-order chi connectivity index (χ1) is 21.2. The molecule has 0 unspecified atom stereocenters. The molecule has 1 nitrogen and oxygen atoms in total. The quantitative estimate of drug-likeness (QED) is 0.190. The van der Waals surface area contributed by atoms with Crippen LogP contribution in [0.5, 0.6) is 0 Å². The molecule has 0 aromatic heterocycles. The Labute approximate surface area is 265 Å². The van der Waals surface area contributed by atoms with E-state index in [1.54, 1.807) is 6.08 Å². The number of hydrogen-bond acceptors (Lipinski definition) is 1. The standard InChI is InChI=1S/C20H26O.2C10H8.C3H6/c1-12(2)19(21)11-18-14(5)15(6)20(13(3)4)17-10-8-7-9-16(17)18;2*1-2-6-10-8-4-3-7-9(10)5-1;1-3-2/h7-10,12-13H,11H2,1-6H3;2*1-8H;3H,1H2,2H3. The monoisotopic (exact) mass is 580 g/mol. The third-order valence-electron chi connectivity index (χ3n) is 7.85. The molecular formula is C43H48O. The van der Waals surface area contributed by atoms with E-state index in [9.17, 15) is 4.79 Å². The number of rotatable bonds is 4. The van der Waals surface area contributed by atoms with Gasteiger partial charge < -0.3 is 0 Å². The van der Waals surface area contributed by atoms with Crippen LogP contribution < -0.4 is 0 Å². The summed E-state index contributed by atoms with van der Waals surface area (Å²) in [6, 6.07) is 42.0. The van der Waals surface area contributed by atoms with Crippen LogP contribution in [0.1, 0.15) is 62.8 Å². The molecule has 0 atom stereocenters. The van der Waals surface area contributed by atoms with Crippen LogP contribution in [0.2, 0.25) is 0 Å². The van der Waals surface area contributed by atoms with Crippen LogP contribution in [-0.4, -0.2) is 5.78 Å². The maximum atomic E-state index is 12.2. The lowest BCUT2D eigenvalue weighted by atomic mass is 9.83. The van der Waals surface area contributed by atoms with Crippen LogP contribution in [0.25, 0.3) is 32.3 Å². The number of hydrogen-bond donors (Lipinski definition) is 0. The summed E-state index contributed by atoms with van der Waals surface area (Å²) >= 11 is 0. The van der Waals surface area contributed by atoms with Gasteiger partial charge in [0, 0.05) is 12.3 Å². The average Bonchev–Trinajstić information content (AvgIpc) is 3.04. The maximum absolute atomic E-state index is 12.2. The van der Waals surface area contributed by atoms with Crippen molar-refractivity contribution < 1.29 is 4.79 Å². The van der Waals surface area contributed by atoms with Crippen molar-refractivity contribution in [2.45, 2.75) is 60.8 Å². The number of fused-ring (bicyclic) bond motifs is 3. The summed E-state index contributed by atoms with van der Waals surface area (Å²) in [5.41, 5.74) is 5.26. The molecule has 0 aliphatic rings. The maximum Gasteiger partial charge on any atom is 0.139 e. The highest BCUT2D eigenvalue weighted by molar-refractivity contribution is 5.95. The number of allylic oxidation sites excluding steroid dienone is 1. The molecule has 0 fully saturated rings. The number of carbonyl (C=O) groups excluding carboxylic acids is 1. The molecule has 0 radical (unpaired) electrons. The Morgan fingerprint density at radius 3 is 1.23 bits per heavy atom. The van der Waals surface area contributed by atoms with E-state index < -0.39 is 0 Å². The van der Waals surface area contributed by atoms with Crippen molar-refractivity contribution in [3.8, 4) is 0 Å². The SMILES string of the molecule is C=CC.Cc1c(C)c(C(C)C)c2ccccc2c1CC(=O)C(C)C.c1ccc2ccccc2c1.c1ccc2ccccc2c1. The van der Waals surface area contributed by atoms with E-state index in [4.69, 9.17) is 0 Å². The van der Waals surface area contributed by atoms with E-state index in [0.717, 1.165) is 0 Å². The topological polar surface area (TPSA) is 17.1 Å². The fourth-order valence-corrected chi connectivity index (χ4v) is 5.43. The minimum atomic E-state index is 0.0910. The van der Waals surface area contributed by atoms with E-state index in [2.05, 4.69) is 156 Å². The highest BCUT2D eigenvalue weighted by atomic mass is 16.1. The summed E-state index contributed by atoms with van der Waals surface area (Å²) in [5.74, 6) is 0.900. The van der Waals surface area contributed by atoms with Gasteiger partial charge in [-0.1, -0.05) is 155 Å². The van der Waals surface area contributed by atoms with Crippen LogP contribution in [-0.2, 0) is 11.2 Å². The van der Waals surface area contributed by atoms with Crippen molar-refractivity contribution in [2.24, 2.45) is 5.92 Å². The number of ketones is 1. The first-order valence-electron chi connectivity index (χ1n) is 15.7. The zero-order chi connectivity index (χ0) is 32.1. The van der Waals surface area contributed by atoms with Crippen molar-refractivity contribution in [1.82, 2.24) is 0 Å². The Morgan fingerprint density at radius 2 is 0.909 bits per heavy atom. The second kappa shape index (κ2) is 17.0. The molecular weight excluding hydrogens is 532 g/mol. The van der Waals surface area contributed by atoms with Gasteiger partial charge in [0.05, 0.1) is 0 Å². The Morgan fingerprint density at radius 1 is 0.591 bits per heavy atom. The Hall–Kier alpha value is -4.49. The Balaban J connectivity index is 0.000000190. The number of benzene rings is 6. The van der Waals surface area contributed by atoms with Gasteiger partial charge in [-0.2, -0.15) is 0 Å². The number of carbonyl (C=O) groups is 1. The average molecular weight is 581 g/mol. The second-order valence-corrected chi connectivity index (χ2v) is 11.7. The van der Waals surface area contributed by atoms with Gasteiger partial charge in [-0.25, -0.2) is 0 Å². The molecule has 0 spiro atoms. The van der Waals surface area contributed by atoms with E-state index in [1.165, 1.54) is 54.6 Å². The predicted octanol–water partition coefficient (Wildman–Crippen LogP) is 12.2. The van der Waals surface area contributed by atoms with Gasteiger partial charge in [-0.3, -0.25) is 4.79 Å². The molecule has 0 saturated heterocycles. The Bertz CT molecular complexity index is 1600. The van der Waals surface area contributed by atoms with Crippen molar-refractivity contribution in [1.29, 1.82) is 0 Å². The molecule has 1 heteroatoms. The minimum absolute atomic E-state index is 0.0910. The van der Waals surface area contributed by atoms with Gasteiger partial charge in [0.1, 0.15) is 5.78 Å². The van der Waals surface area contributed by atoms with Crippen LogP contribution >= 0.6 is 0 Å². The normalized spacial score (nSPS) is 10.4. The van der Waals surface area contributed by atoms with E-state index in [-0.39, 0.29) is 5.92 Å². The molecule has 0 heterocycles. The third-order valence-corrected chi connectivity index (χ3v) is 7.85. The second-order valence-electron chi connectivity index (χ2n) is 11.7. The minimum Gasteiger partial charge on any atom is -0.299 e. The fraction of sp³-hybridized carbons (Fsp3) is 0.233. The predicted molar refractivity (Wildman–Crippen MR) is 195 cm³/mol. The largest absolute Gasteiger partial charge is 0.299 e. The summed E-state index contributed by atoms with van der Waals surface area (Å²) in [6.45, 7) is 18.1. The van der Waals surface area contributed by atoms with Crippen molar-refractivity contribution in [2.75, 3.05) is 0 Å². The molecule has 6 aromatic rings. The zero-order valence-electron chi connectivity index (χ0n) is 27.6. The molecule has 0 bridgehead atoms. The molecule has 6 rings (SSSR count). The summed E-state index contributed by atoms with van der Waals surface area (Å²) in [7, 11) is 0. The van der Waals surface area contributed by atoms with Crippen LogP contribution in [0, 0.1) is 19.8 Å². The van der Waals surface area contributed by atoms with Crippen molar-refractivity contribution in [3.63, 3.8) is 0 Å². The smallest absolute Gasteiger partial charge is 0.139 e. The van der Waals surface area contributed by atoms with Gasteiger partial charge in [0.15, 0.2) is 0 Å². The first-order valence-corrected chi connectivity index (χ1v) is 15.7. The molecule has 6 aromatic carbocycles. The number of Topliss-reactive ketones (excluding diaryl/α,β-unsaturated/α-hetero) is 1. The van der Waals surface area contributed by atoms with Gasteiger partial charge in [-0.05, 0) is 81.3 Å². The molecule has 0 aliphatic carbocycles. The first kappa shape index (κ1) is 34.0. The van der Waals surface area contributed by atoms with Crippen LogP contribution in [0.15, 0.2) is 134 Å². The highest BCUT2D eigenvalue weighted by Gasteiger charge is 2.18. The summed E-state index contributed by atoms with van der Waals surface area (Å²) in [4.78, 5) is 12.2. The highest BCUT2D eigenvalue weighted by Crippen LogP contribution is 2.35. The lowest BCUT2D eigenvalue weighted by Gasteiger charge is -2.21. The van der Waals surface area contributed by atoms with Gasteiger partial charge in [-0.15, -0.1) is 6.58 Å². The summed E-state index contributed by atoms with van der Waals surface area (Å²) in [5, 5.41) is 7.80. The molecule has 0 aliphatic heterocycles. The van der Waals surface area contributed by atoms with Crippen LogP contribution in [0.3, 0.4) is 0 Å². The lowest BCUT2D eigenvalue weighted by Crippen LogP contribution is -2.13. The van der Waals surface area contributed by atoms with Crippen molar-refractivity contribution >= 4 is 38.1 Å². The lowest BCUT2D eigenvalue weighted by molar-refractivity contribution is -0.121. The molecule has 0 saturated carbocycles. The third kappa shape index (κ3) is 9.01. The van der Waals surface area contributed by atoms with Gasteiger partial charge >= 0.3 is 0 Å². The molecule has 226 valence electrons. The van der Waals surface area contributed by atoms with E-state index in [0.29, 0.717) is 18.1 Å².